The zero-order valence-corrected chi connectivity index (χ0v) is 17.4. The number of fused-ring (bicyclic) bond motifs is 1. The lowest BCUT2D eigenvalue weighted by Gasteiger charge is -2.07. The number of rotatable bonds is 8. The van der Waals surface area contributed by atoms with Crippen LogP contribution in [0.15, 0.2) is 46.8 Å². The predicted molar refractivity (Wildman–Crippen MR) is 115 cm³/mol. The van der Waals surface area contributed by atoms with E-state index in [4.69, 9.17) is 16.3 Å². The standard InChI is InChI=1S/C19H18ClN3O3S2/c1-12(24)22-14-4-7-16-17(10-14)28-19(23-16)27-11-18(25)21-8-9-26-15-5-2-13(20)3-6-15/h2-7,10H,8-9,11H2,1H3,(H,21,25)(H,22,24). The maximum absolute atomic E-state index is 12.0. The number of halogens is 1. The largest absolute Gasteiger partial charge is 0.492 e. The van der Waals surface area contributed by atoms with Gasteiger partial charge >= 0.3 is 0 Å². The topological polar surface area (TPSA) is 80.3 Å². The zero-order valence-electron chi connectivity index (χ0n) is 15.0. The molecule has 0 fully saturated rings. The molecule has 3 aromatic rings. The number of carbonyl (C=O) groups is 2. The Morgan fingerprint density at radius 1 is 1.21 bits per heavy atom. The van der Waals surface area contributed by atoms with E-state index >= 15 is 0 Å². The van der Waals surface area contributed by atoms with Crippen LogP contribution >= 0.6 is 34.7 Å². The highest BCUT2D eigenvalue weighted by atomic mass is 35.5. The molecule has 0 saturated carbocycles. The summed E-state index contributed by atoms with van der Waals surface area (Å²) in [6, 6.07) is 12.6. The van der Waals surface area contributed by atoms with E-state index in [0.29, 0.717) is 23.9 Å². The van der Waals surface area contributed by atoms with Crippen LogP contribution in [0.1, 0.15) is 6.92 Å². The van der Waals surface area contributed by atoms with E-state index in [-0.39, 0.29) is 17.6 Å². The molecule has 0 radical (unpaired) electrons. The lowest BCUT2D eigenvalue weighted by atomic mass is 10.3. The van der Waals surface area contributed by atoms with Crippen molar-refractivity contribution >= 4 is 62.4 Å². The average Bonchev–Trinajstić information content (AvgIpc) is 3.07. The van der Waals surface area contributed by atoms with E-state index in [2.05, 4.69) is 15.6 Å². The number of hydrogen-bond acceptors (Lipinski definition) is 6. The van der Waals surface area contributed by atoms with Gasteiger partial charge < -0.3 is 15.4 Å². The van der Waals surface area contributed by atoms with Gasteiger partial charge in [-0.3, -0.25) is 9.59 Å². The van der Waals surface area contributed by atoms with Gasteiger partial charge in [-0.2, -0.15) is 0 Å². The number of amides is 2. The van der Waals surface area contributed by atoms with Gasteiger partial charge in [0.2, 0.25) is 11.8 Å². The average molecular weight is 436 g/mol. The van der Waals surface area contributed by atoms with Crippen molar-refractivity contribution in [3.63, 3.8) is 0 Å². The van der Waals surface area contributed by atoms with Crippen LogP contribution in [0.25, 0.3) is 10.2 Å². The van der Waals surface area contributed by atoms with Crippen molar-refractivity contribution in [1.29, 1.82) is 0 Å². The Labute approximate surface area is 175 Å². The highest BCUT2D eigenvalue weighted by molar-refractivity contribution is 8.01. The van der Waals surface area contributed by atoms with Crippen molar-refractivity contribution in [1.82, 2.24) is 10.3 Å². The summed E-state index contributed by atoms with van der Waals surface area (Å²) in [5.41, 5.74) is 1.58. The molecule has 0 aliphatic rings. The first kappa shape index (κ1) is 20.4. The number of nitrogens with one attached hydrogen (secondary N) is 2. The van der Waals surface area contributed by atoms with Gasteiger partial charge in [-0.15, -0.1) is 11.3 Å². The second-order valence-electron chi connectivity index (χ2n) is 5.78. The minimum Gasteiger partial charge on any atom is -0.492 e. The van der Waals surface area contributed by atoms with Gasteiger partial charge in [0.15, 0.2) is 4.34 Å². The highest BCUT2D eigenvalue weighted by Crippen LogP contribution is 2.31. The van der Waals surface area contributed by atoms with Gasteiger partial charge in [-0.1, -0.05) is 23.4 Å². The van der Waals surface area contributed by atoms with E-state index < -0.39 is 0 Å². The number of anilines is 1. The van der Waals surface area contributed by atoms with E-state index in [1.807, 2.05) is 18.2 Å². The molecule has 1 heterocycles. The Kier molecular flexibility index (Phi) is 7.13. The van der Waals surface area contributed by atoms with Crippen molar-refractivity contribution < 1.29 is 14.3 Å². The van der Waals surface area contributed by atoms with Crippen LogP contribution < -0.4 is 15.4 Å². The summed E-state index contributed by atoms with van der Waals surface area (Å²) in [5, 5.41) is 6.22. The van der Waals surface area contributed by atoms with Gasteiger partial charge in [0.05, 0.1) is 22.5 Å². The third kappa shape index (κ3) is 6.12. The first-order valence-corrected chi connectivity index (χ1v) is 10.6. The second kappa shape index (κ2) is 9.77. The van der Waals surface area contributed by atoms with Gasteiger partial charge in [0.25, 0.3) is 0 Å². The third-order valence-electron chi connectivity index (χ3n) is 3.52. The Bertz CT molecular complexity index is 976. The molecule has 6 nitrogen and oxygen atoms in total. The number of hydrogen-bond donors (Lipinski definition) is 2. The molecule has 1 aromatic heterocycles. The summed E-state index contributed by atoms with van der Waals surface area (Å²) in [5.74, 6) is 0.790. The van der Waals surface area contributed by atoms with E-state index in [9.17, 15) is 9.59 Å². The van der Waals surface area contributed by atoms with Crippen molar-refractivity contribution in [3.05, 3.63) is 47.5 Å². The molecule has 9 heteroatoms. The Balaban J connectivity index is 1.42. The van der Waals surface area contributed by atoms with Crippen molar-refractivity contribution in [2.45, 2.75) is 11.3 Å². The fraction of sp³-hybridized carbons (Fsp3) is 0.211. The SMILES string of the molecule is CC(=O)Nc1ccc2nc(SCC(=O)NCCOc3ccc(Cl)cc3)sc2c1. The molecule has 0 spiro atoms. The Morgan fingerprint density at radius 2 is 2.00 bits per heavy atom. The van der Waals surface area contributed by atoms with Crippen LogP contribution in [-0.4, -0.2) is 35.7 Å². The molecule has 0 aliphatic carbocycles. The summed E-state index contributed by atoms with van der Waals surface area (Å²) < 4.78 is 7.30. The molecule has 28 heavy (non-hydrogen) atoms. The normalized spacial score (nSPS) is 10.6. The molecule has 0 unspecified atom stereocenters. The van der Waals surface area contributed by atoms with E-state index in [1.54, 1.807) is 24.3 Å². The van der Waals surface area contributed by atoms with Crippen LogP contribution in [0.2, 0.25) is 5.02 Å². The lowest BCUT2D eigenvalue weighted by Crippen LogP contribution is -2.29. The number of nitrogens with zero attached hydrogens (tertiary/aromatic N) is 1. The molecule has 0 bridgehead atoms. The zero-order chi connectivity index (χ0) is 19.9. The third-order valence-corrected chi connectivity index (χ3v) is 5.94. The maximum Gasteiger partial charge on any atom is 0.230 e. The monoisotopic (exact) mass is 435 g/mol. The van der Waals surface area contributed by atoms with Crippen molar-refractivity contribution in [3.8, 4) is 5.75 Å². The molecule has 0 saturated heterocycles. The van der Waals surface area contributed by atoms with Gasteiger partial charge in [-0.25, -0.2) is 4.98 Å². The number of thioether (sulfide) groups is 1. The van der Waals surface area contributed by atoms with Gasteiger partial charge in [-0.05, 0) is 42.5 Å². The Hall–Kier alpha value is -2.29. The quantitative estimate of drug-likeness (QED) is 0.409. The summed E-state index contributed by atoms with van der Waals surface area (Å²) >= 11 is 8.69. The minimum absolute atomic E-state index is 0.0807. The summed E-state index contributed by atoms with van der Waals surface area (Å²) in [4.78, 5) is 27.6. The maximum atomic E-state index is 12.0. The Morgan fingerprint density at radius 3 is 2.75 bits per heavy atom. The number of thiazole rings is 1. The highest BCUT2D eigenvalue weighted by Gasteiger charge is 2.09. The first-order chi connectivity index (χ1) is 13.5. The summed E-state index contributed by atoms with van der Waals surface area (Å²) in [6.45, 7) is 2.27. The minimum atomic E-state index is -0.116. The molecule has 3 rings (SSSR count). The van der Waals surface area contributed by atoms with Gasteiger partial charge in [0.1, 0.15) is 12.4 Å². The number of carbonyl (C=O) groups excluding carboxylic acids is 2. The molecular formula is C19H18ClN3O3S2. The van der Waals surface area contributed by atoms with Crippen molar-refractivity contribution in [2.24, 2.45) is 0 Å². The fourth-order valence-electron chi connectivity index (χ4n) is 2.31. The molecule has 146 valence electrons. The van der Waals surface area contributed by atoms with Crippen LogP contribution in [-0.2, 0) is 9.59 Å². The molecule has 2 N–H and O–H groups in total. The van der Waals surface area contributed by atoms with Gasteiger partial charge in [0, 0.05) is 17.6 Å². The van der Waals surface area contributed by atoms with Crippen LogP contribution in [0.5, 0.6) is 5.75 Å². The first-order valence-electron chi connectivity index (χ1n) is 8.45. The molecule has 2 aromatic carbocycles. The summed E-state index contributed by atoms with van der Waals surface area (Å²) in [6.07, 6.45) is 0. The van der Waals surface area contributed by atoms with Crippen LogP contribution in [0.3, 0.4) is 0 Å². The lowest BCUT2D eigenvalue weighted by molar-refractivity contribution is -0.118. The fourth-order valence-corrected chi connectivity index (χ4v) is 4.38. The number of ether oxygens (including phenoxy) is 1. The second-order valence-corrected chi connectivity index (χ2v) is 8.47. The molecule has 0 atom stereocenters. The smallest absolute Gasteiger partial charge is 0.230 e. The number of aromatic nitrogens is 1. The van der Waals surface area contributed by atoms with E-state index in [0.717, 1.165) is 20.2 Å². The molecule has 0 aliphatic heterocycles. The molecule has 2 amide bonds. The van der Waals surface area contributed by atoms with Crippen molar-refractivity contribution in [2.75, 3.05) is 24.2 Å². The number of benzene rings is 2. The van der Waals surface area contributed by atoms with Crippen LogP contribution in [0.4, 0.5) is 5.69 Å². The van der Waals surface area contributed by atoms with E-state index in [1.165, 1.54) is 30.0 Å². The predicted octanol–water partition coefficient (Wildman–Crippen LogP) is 4.20. The molecular weight excluding hydrogens is 418 g/mol. The summed E-state index contributed by atoms with van der Waals surface area (Å²) in [7, 11) is 0. The van der Waals surface area contributed by atoms with Crippen LogP contribution in [0, 0.1) is 0 Å².